The number of nitrogens with two attached hydrogens (primary N) is 2. The average molecular weight is 546 g/mol. The van der Waals surface area contributed by atoms with Gasteiger partial charge < -0.3 is 11.5 Å². The Morgan fingerprint density at radius 2 is 1.85 bits per heavy atom. The number of benzene rings is 2. The van der Waals surface area contributed by atoms with Crippen molar-refractivity contribution in [3.63, 3.8) is 0 Å². The molecule has 2 aromatic carbocycles. The number of nitrogens with zero attached hydrogens (tertiary/aromatic N) is 5. The predicted octanol–water partition coefficient (Wildman–Crippen LogP) is 5.11. The summed E-state index contributed by atoms with van der Waals surface area (Å²) in [5, 5.41) is 5.54. The molecule has 3 aromatic heterocycles. The number of aromatic nitrogens is 4. The minimum atomic E-state index is -0.646. The van der Waals surface area contributed by atoms with Crippen molar-refractivity contribution in [3.8, 4) is 5.69 Å². The van der Waals surface area contributed by atoms with Crippen LogP contribution in [0, 0.1) is 0 Å². The summed E-state index contributed by atoms with van der Waals surface area (Å²) >= 11 is 0. The summed E-state index contributed by atoms with van der Waals surface area (Å²) in [6, 6.07) is 21.8. The van der Waals surface area contributed by atoms with Gasteiger partial charge in [0.1, 0.15) is 5.56 Å². The third-order valence-corrected chi connectivity index (χ3v) is 6.26. The van der Waals surface area contributed by atoms with Crippen molar-refractivity contribution >= 4 is 46.7 Å². The van der Waals surface area contributed by atoms with E-state index in [1.807, 2.05) is 77.4 Å². The van der Waals surface area contributed by atoms with Crippen molar-refractivity contribution in [2.24, 2.45) is 17.8 Å². The van der Waals surface area contributed by atoms with Gasteiger partial charge in [0.05, 0.1) is 5.39 Å². The first-order chi connectivity index (χ1) is 19.8. The Bertz CT molecular complexity index is 1800. The maximum Gasteiger partial charge on any atom is 0.263 e. The molecule has 0 saturated carbocycles. The molecule has 0 unspecified atom stereocenters. The van der Waals surface area contributed by atoms with E-state index >= 15 is 0 Å². The number of fused-ring (bicyclic) bond motifs is 1. The molecular weight excluding hydrogens is 514 g/mol. The lowest BCUT2D eigenvalue weighted by Crippen LogP contribution is -2.22. The number of carbonyl (C=O) groups excluding carboxylic acids is 1. The largest absolute Gasteiger partial charge is 0.381 e. The van der Waals surface area contributed by atoms with E-state index < -0.39 is 5.91 Å². The summed E-state index contributed by atoms with van der Waals surface area (Å²) in [4.78, 5) is 32.5. The summed E-state index contributed by atoms with van der Waals surface area (Å²) in [7, 11) is 1.62. The topological polar surface area (TPSA) is 134 Å². The lowest BCUT2D eigenvalue weighted by molar-refractivity contribution is 0.100. The van der Waals surface area contributed by atoms with E-state index in [2.05, 4.69) is 34.6 Å². The Morgan fingerprint density at radius 1 is 1.07 bits per heavy atom. The van der Waals surface area contributed by atoms with Gasteiger partial charge in [0.15, 0.2) is 11.6 Å². The molecule has 4 N–H and O–H groups in total. The van der Waals surface area contributed by atoms with Crippen LogP contribution in [-0.4, -0.2) is 31.5 Å². The number of amides is 1. The molecule has 9 nitrogen and oxygen atoms in total. The number of aliphatic imine (C=N–C) groups is 1. The smallest absolute Gasteiger partial charge is 0.263 e. The zero-order valence-corrected chi connectivity index (χ0v) is 22.9. The number of hydrogen-bond donors (Lipinski definition) is 2. The van der Waals surface area contributed by atoms with Crippen molar-refractivity contribution in [2.45, 2.75) is 13.3 Å². The molecule has 0 spiro atoms. The molecule has 41 heavy (non-hydrogen) atoms. The molecule has 0 aliphatic rings. The molecule has 3 heterocycles. The first-order valence-corrected chi connectivity index (χ1v) is 12.9. The highest BCUT2D eigenvalue weighted by Gasteiger charge is 2.17. The van der Waals surface area contributed by atoms with Crippen LogP contribution in [0.15, 0.2) is 102 Å². The maximum atomic E-state index is 13.5. The molecule has 206 valence electrons. The van der Waals surface area contributed by atoms with Gasteiger partial charge in [0.2, 0.25) is 0 Å². The number of para-hydroxylation sites is 1. The van der Waals surface area contributed by atoms with E-state index in [1.165, 1.54) is 17.0 Å². The van der Waals surface area contributed by atoms with Crippen LogP contribution in [0.3, 0.4) is 0 Å². The Hall–Kier alpha value is -5.57. The van der Waals surface area contributed by atoms with Crippen molar-refractivity contribution in [3.05, 3.63) is 125 Å². The van der Waals surface area contributed by atoms with Crippen LogP contribution in [0.2, 0.25) is 0 Å². The number of rotatable bonds is 7. The van der Waals surface area contributed by atoms with Crippen LogP contribution in [0.4, 0.5) is 11.6 Å². The number of primary amides is 1. The highest BCUT2D eigenvalue weighted by atomic mass is 16.1. The standard InChI is InChI=1S/C24H20N2O.C8H11N5O/c1-2-21-16-20-10-6-9-19(14-13-18-8-7-15-25-17-18)23(20)24(27)26(21)22-11-4-3-5-12-22;1-3-4-11-8-5(7(10)14)6(9)12-13(8)2/h3-17H,2H2,1H3;3-4H,1H2,2H3,(H2,9,12)(H2,10,14)/b14-13+;11-4-. The Kier molecular flexibility index (Phi) is 9.01. The number of carbonyl (C=O) groups is 1. The molecule has 9 heteroatoms. The second-order valence-electron chi connectivity index (χ2n) is 8.98. The number of pyridine rings is 2. The minimum absolute atomic E-state index is 0.0157. The van der Waals surface area contributed by atoms with Gasteiger partial charge in [-0.3, -0.25) is 19.1 Å². The van der Waals surface area contributed by atoms with E-state index in [0.29, 0.717) is 5.82 Å². The van der Waals surface area contributed by atoms with Crippen LogP contribution in [0.5, 0.6) is 0 Å². The summed E-state index contributed by atoms with van der Waals surface area (Å²) in [5.74, 6) is -0.238. The van der Waals surface area contributed by atoms with Gasteiger partial charge in [0, 0.05) is 37.0 Å². The second kappa shape index (κ2) is 13.0. The second-order valence-corrected chi connectivity index (χ2v) is 8.98. The molecule has 0 fully saturated rings. The predicted molar refractivity (Wildman–Crippen MR) is 167 cm³/mol. The molecule has 5 aromatic rings. The van der Waals surface area contributed by atoms with Crippen molar-refractivity contribution in [1.29, 1.82) is 0 Å². The molecular formula is C32H31N7O2. The van der Waals surface area contributed by atoms with E-state index in [1.54, 1.807) is 19.4 Å². The molecule has 0 aliphatic heterocycles. The van der Waals surface area contributed by atoms with Gasteiger partial charge in [-0.25, -0.2) is 9.67 Å². The highest BCUT2D eigenvalue weighted by molar-refractivity contribution is 6.02. The third-order valence-electron chi connectivity index (χ3n) is 6.26. The fourth-order valence-corrected chi connectivity index (χ4v) is 4.41. The first-order valence-electron chi connectivity index (χ1n) is 12.9. The van der Waals surface area contributed by atoms with Gasteiger partial charge in [-0.1, -0.05) is 74.2 Å². The minimum Gasteiger partial charge on any atom is -0.381 e. The fraction of sp³-hybridized carbons (Fsp3) is 0.0938. The van der Waals surface area contributed by atoms with E-state index in [-0.39, 0.29) is 16.9 Å². The summed E-state index contributed by atoms with van der Waals surface area (Å²) in [6.07, 6.45) is 11.2. The summed E-state index contributed by atoms with van der Waals surface area (Å²) in [5.41, 5.74) is 14.6. The lowest BCUT2D eigenvalue weighted by Gasteiger charge is -2.14. The van der Waals surface area contributed by atoms with Crippen LogP contribution in [0.25, 0.3) is 28.6 Å². The number of anilines is 1. The summed E-state index contributed by atoms with van der Waals surface area (Å²) in [6.45, 7) is 5.54. The molecule has 0 aliphatic carbocycles. The fourth-order valence-electron chi connectivity index (χ4n) is 4.41. The Balaban J connectivity index is 0.000000234. The van der Waals surface area contributed by atoms with E-state index in [0.717, 1.165) is 39.7 Å². The zero-order valence-electron chi connectivity index (χ0n) is 22.9. The summed E-state index contributed by atoms with van der Waals surface area (Å²) < 4.78 is 3.21. The van der Waals surface area contributed by atoms with Gasteiger partial charge in [-0.2, -0.15) is 5.10 Å². The van der Waals surface area contributed by atoms with Gasteiger partial charge in [-0.05, 0) is 47.2 Å². The SMILES string of the molecule is C=C/C=N\c1c(C(N)=O)c(N)nn1C.CCc1cc2cccc(/C=C/c3cccnc3)c2c(=O)n1-c1ccccc1. The average Bonchev–Trinajstić information content (AvgIpc) is 3.28. The van der Waals surface area contributed by atoms with E-state index in [4.69, 9.17) is 11.5 Å². The van der Waals surface area contributed by atoms with Crippen molar-refractivity contribution in [2.75, 3.05) is 5.73 Å². The molecule has 5 rings (SSSR count). The van der Waals surface area contributed by atoms with Gasteiger partial charge in [0.25, 0.3) is 11.5 Å². The number of allylic oxidation sites excluding steroid dienone is 1. The van der Waals surface area contributed by atoms with Crippen molar-refractivity contribution in [1.82, 2.24) is 19.3 Å². The van der Waals surface area contributed by atoms with E-state index in [9.17, 15) is 9.59 Å². The zero-order chi connectivity index (χ0) is 29.4. The molecule has 0 bridgehead atoms. The van der Waals surface area contributed by atoms with Crippen LogP contribution in [-0.2, 0) is 13.5 Å². The number of aryl methyl sites for hydroxylation is 2. The van der Waals surface area contributed by atoms with Gasteiger partial charge in [-0.15, -0.1) is 0 Å². The molecule has 1 amide bonds. The number of hydrogen-bond acceptors (Lipinski definition) is 6. The van der Waals surface area contributed by atoms with Crippen LogP contribution >= 0.6 is 0 Å². The van der Waals surface area contributed by atoms with Crippen LogP contribution < -0.4 is 17.0 Å². The third kappa shape index (κ3) is 6.36. The molecule has 0 radical (unpaired) electrons. The Labute approximate surface area is 237 Å². The first kappa shape index (κ1) is 28.4. The van der Waals surface area contributed by atoms with Crippen molar-refractivity contribution < 1.29 is 4.79 Å². The number of nitrogen functional groups attached to an aromatic ring is 1. The molecule has 0 atom stereocenters. The quantitative estimate of drug-likeness (QED) is 0.274. The van der Waals surface area contributed by atoms with Gasteiger partial charge >= 0.3 is 0 Å². The monoisotopic (exact) mass is 545 g/mol. The maximum absolute atomic E-state index is 13.5. The Morgan fingerprint density at radius 3 is 2.51 bits per heavy atom. The lowest BCUT2D eigenvalue weighted by atomic mass is 10.0. The normalized spacial score (nSPS) is 11.1. The highest BCUT2D eigenvalue weighted by Crippen LogP contribution is 2.23. The van der Waals surface area contributed by atoms with Crippen LogP contribution in [0.1, 0.15) is 34.1 Å². The molecule has 0 saturated heterocycles.